The molecule has 0 saturated carbocycles. The Kier molecular flexibility index (Phi) is 3.47. The molecular weight excluding hydrogens is 216 g/mol. The molecule has 2 aromatic rings. The standard InChI is InChI=1S/C18H24/c1-13(2)17(18(3,4)5)16-11-10-14-8-6-7-9-15(14)12-16/h6-13,17H,1-5H3. The second-order valence-corrected chi connectivity index (χ2v) is 6.69. The average Bonchev–Trinajstić information content (AvgIpc) is 2.26. The van der Waals surface area contributed by atoms with Crippen molar-refractivity contribution in [3.8, 4) is 0 Å². The highest BCUT2D eigenvalue weighted by Gasteiger charge is 2.28. The number of fused-ring (bicyclic) bond motifs is 1. The van der Waals surface area contributed by atoms with Gasteiger partial charge in [-0.3, -0.25) is 0 Å². The summed E-state index contributed by atoms with van der Waals surface area (Å²) in [6.45, 7) is 11.7. The van der Waals surface area contributed by atoms with Gasteiger partial charge in [-0.05, 0) is 33.6 Å². The van der Waals surface area contributed by atoms with Gasteiger partial charge in [0, 0.05) is 0 Å². The Hall–Kier alpha value is -1.30. The van der Waals surface area contributed by atoms with Crippen molar-refractivity contribution in [1.82, 2.24) is 0 Å². The highest BCUT2D eigenvalue weighted by molar-refractivity contribution is 5.83. The van der Waals surface area contributed by atoms with Crippen molar-refractivity contribution in [2.24, 2.45) is 11.3 Å². The molecule has 0 aliphatic heterocycles. The summed E-state index contributed by atoms with van der Waals surface area (Å²) < 4.78 is 0. The van der Waals surface area contributed by atoms with E-state index in [4.69, 9.17) is 0 Å². The van der Waals surface area contributed by atoms with Crippen LogP contribution in [0.2, 0.25) is 0 Å². The molecule has 0 bridgehead atoms. The third-order valence-corrected chi connectivity index (χ3v) is 3.73. The summed E-state index contributed by atoms with van der Waals surface area (Å²) >= 11 is 0. The normalized spacial score (nSPS) is 14.1. The first-order chi connectivity index (χ1) is 8.39. The van der Waals surface area contributed by atoms with Gasteiger partial charge in [0.05, 0.1) is 0 Å². The van der Waals surface area contributed by atoms with Crippen LogP contribution in [-0.4, -0.2) is 0 Å². The first-order valence-corrected chi connectivity index (χ1v) is 6.88. The van der Waals surface area contributed by atoms with Crippen molar-refractivity contribution in [2.75, 3.05) is 0 Å². The Morgan fingerprint density at radius 3 is 2.00 bits per heavy atom. The first kappa shape index (κ1) is 13.1. The van der Waals surface area contributed by atoms with Crippen molar-refractivity contribution in [1.29, 1.82) is 0 Å². The van der Waals surface area contributed by atoms with Crippen LogP contribution in [0.3, 0.4) is 0 Å². The van der Waals surface area contributed by atoms with Crippen molar-refractivity contribution in [3.63, 3.8) is 0 Å². The molecule has 96 valence electrons. The molecule has 1 atom stereocenters. The van der Waals surface area contributed by atoms with Crippen molar-refractivity contribution < 1.29 is 0 Å². The zero-order valence-electron chi connectivity index (χ0n) is 12.2. The maximum absolute atomic E-state index is 2.37. The van der Waals surface area contributed by atoms with Crippen LogP contribution in [0, 0.1) is 11.3 Å². The first-order valence-electron chi connectivity index (χ1n) is 6.88. The molecule has 0 saturated heterocycles. The van der Waals surface area contributed by atoms with E-state index in [2.05, 4.69) is 77.1 Å². The lowest BCUT2D eigenvalue weighted by atomic mass is 9.70. The van der Waals surface area contributed by atoms with E-state index < -0.39 is 0 Å². The predicted molar refractivity (Wildman–Crippen MR) is 81.0 cm³/mol. The molecule has 0 amide bonds. The summed E-state index contributed by atoms with van der Waals surface area (Å²) in [6, 6.07) is 15.5. The summed E-state index contributed by atoms with van der Waals surface area (Å²) in [5, 5.41) is 2.68. The maximum Gasteiger partial charge on any atom is -0.00899 e. The average molecular weight is 240 g/mol. The van der Waals surface area contributed by atoms with Gasteiger partial charge in [0.1, 0.15) is 0 Å². The van der Waals surface area contributed by atoms with Gasteiger partial charge in [-0.15, -0.1) is 0 Å². The molecule has 0 aliphatic rings. The highest BCUT2D eigenvalue weighted by atomic mass is 14.3. The SMILES string of the molecule is CC(C)C(c1ccc2ccccc2c1)C(C)(C)C. The highest BCUT2D eigenvalue weighted by Crippen LogP contribution is 2.41. The lowest BCUT2D eigenvalue weighted by Gasteiger charge is -2.34. The minimum absolute atomic E-state index is 0.302. The zero-order chi connectivity index (χ0) is 13.3. The van der Waals surface area contributed by atoms with E-state index in [1.54, 1.807) is 0 Å². The summed E-state index contributed by atoms with van der Waals surface area (Å²) in [6.07, 6.45) is 0. The second-order valence-electron chi connectivity index (χ2n) is 6.69. The number of hydrogen-bond donors (Lipinski definition) is 0. The summed E-state index contributed by atoms with van der Waals surface area (Å²) in [5.41, 5.74) is 1.77. The molecular formula is C18H24. The Morgan fingerprint density at radius 1 is 0.833 bits per heavy atom. The van der Waals surface area contributed by atoms with E-state index in [0.29, 0.717) is 17.3 Å². The lowest BCUT2D eigenvalue weighted by Crippen LogP contribution is -2.23. The van der Waals surface area contributed by atoms with Crippen LogP contribution >= 0.6 is 0 Å². The predicted octanol–water partition coefficient (Wildman–Crippen LogP) is 5.63. The number of benzene rings is 2. The Bertz CT molecular complexity index is 529. The second kappa shape index (κ2) is 4.76. The Labute approximate surface area is 111 Å². The molecule has 18 heavy (non-hydrogen) atoms. The fraction of sp³-hybridized carbons (Fsp3) is 0.444. The van der Waals surface area contributed by atoms with Crippen LogP contribution < -0.4 is 0 Å². The van der Waals surface area contributed by atoms with Crippen molar-refractivity contribution >= 4 is 10.8 Å². The molecule has 2 rings (SSSR count). The van der Waals surface area contributed by atoms with Gasteiger partial charge in [0.2, 0.25) is 0 Å². The topological polar surface area (TPSA) is 0 Å². The van der Waals surface area contributed by atoms with Crippen molar-refractivity contribution in [3.05, 3.63) is 48.0 Å². The van der Waals surface area contributed by atoms with Crippen molar-refractivity contribution in [2.45, 2.75) is 40.5 Å². The largest absolute Gasteiger partial charge is 0.0622 e. The molecule has 0 heteroatoms. The van der Waals surface area contributed by atoms with Crippen LogP contribution in [-0.2, 0) is 0 Å². The molecule has 0 aliphatic carbocycles. The van der Waals surface area contributed by atoms with Gasteiger partial charge in [0.15, 0.2) is 0 Å². The van der Waals surface area contributed by atoms with E-state index in [1.165, 1.54) is 16.3 Å². The smallest absolute Gasteiger partial charge is 0.00899 e. The van der Waals surface area contributed by atoms with Crippen LogP contribution in [0.15, 0.2) is 42.5 Å². The van der Waals surface area contributed by atoms with Gasteiger partial charge in [-0.25, -0.2) is 0 Å². The molecule has 0 heterocycles. The minimum atomic E-state index is 0.302. The minimum Gasteiger partial charge on any atom is -0.0622 e. The molecule has 0 spiro atoms. The third-order valence-electron chi connectivity index (χ3n) is 3.73. The Morgan fingerprint density at radius 2 is 1.44 bits per heavy atom. The summed E-state index contributed by atoms with van der Waals surface area (Å²) in [4.78, 5) is 0. The van der Waals surface area contributed by atoms with E-state index in [-0.39, 0.29) is 0 Å². The number of hydrogen-bond acceptors (Lipinski definition) is 0. The van der Waals surface area contributed by atoms with Gasteiger partial charge in [-0.1, -0.05) is 77.1 Å². The third kappa shape index (κ3) is 2.58. The number of rotatable bonds is 2. The molecule has 2 aromatic carbocycles. The maximum atomic E-state index is 2.37. The molecule has 0 fully saturated rings. The summed E-state index contributed by atoms with van der Waals surface area (Å²) in [7, 11) is 0. The fourth-order valence-electron chi connectivity index (χ4n) is 3.29. The molecule has 0 radical (unpaired) electrons. The fourth-order valence-corrected chi connectivity index (χ4v) is 3.29. The van der Waals surface area contributed by atoms with Gasteiger partial charge in [-0.2, -0.15) is 0 Å². The molecule has 0 nitrogen and oxygen atoms in total. The van der Waals surface area contributed by atoms with Crippen LogP contribution in [0.5, 0.6) is 0 Å². The van der Waals surface area contributed by atoms with E-state index >= 15 is 0 Å². The molecule has 0 aromatic heterocycles. The van der Waals surface area contributed by atoms with Gasteiger partial charge >= 0.3 is 0 Å². The van der Waals surface area contributed by atoms with Crippen LogP contribution in [0.1, 0.15) is 46.1 Å². The molecule has 1 unspecified atom stereocenters. The monoisotopic (exact) mass is 240 g/mol. The van der Waals surface area contributed by atoms with E-state index in [9.17, 15) is 0 Å². The quantitative estimate of drug-likeness (QED) is 0.638. The van der Waals surface area contributed by atoms with E-state index in [1.807, 2.05) is 0 Å². The van der Waals surface area contributed by atoms with Crippen LogP contribution in [0.25, 0.3) is 10.8 Å². The zero-order valence-corrected chi connectivity index (χ0v) is 12.2. The summed E-state index contributed by atoms with van der Waals surface area (Å²) in [5.74, 6) is 1.26. The van der Waals surface area contributed by atoms with Gasteiger partial charge < -0.3 is 0 Å². The van der Waals surface area contributed by atoms with Crippen LogP contribution in [0.4, 0.5) is 0 Å². The lowest BCUT2D eigenvalue weighted by molar-refractivity contribution is 0.258. The molecule has 0 N–H and O–H groups in total. The van der Waals surface area contributed by atoms with E-state index in [0.717, 1.165) is 0 Å². The Balaban J connectivity index is 2.51. The van der Waals surface area contributed by atoms with Gasteiger partial charge in [0.25, 0.3) is 0 Å².